The molecule has 0 unspecified atom stereocenters. The van der Waals surface area contributed by atoms with Crippen molar-refractivity contribution in [3.63, 3.8) is 0 Å². The predicted molar refractivity (Wildman–Crippen MR) is 101 cm³/mol. The summed E-state index contributed by atoms with van der Waals surface area (Å²) in [6.45, 7) is 0.529. The molecule has 0 saturated heterocycles. The van der Waals surface area contributed by atoms with E-state index in [0.717, 1.165) is 11.1 Å². The fourth-order valence-electron chi connectivity index (χ4n) is 3.45. The lowest BCUT2D eigenvalue weighted by Crippen LogP contribution is -2.29. The summed E-state index contributed by atoms with van der Waals surface area (Å²) < 4.78 is 41.8. The number of rotatable bonds is 3. The summed E-state index contributed by atoms with van der Waals surface area (Å²) in [5, 5.41) is 12.3. The molecule has 4 rings (SSSR count). The normalized spacial score (nSPS) is 13.2. The minimum absolute atomic E-state index is 0.00535. The third-order valence-corrected chi connectivity index (χ3v) is 5.14. The lowest BCUT2D eigenvalue weighted by Gasteiger charge is -2.15. The Balaban J connectivity index is 1.58. The van der Waals surface area contributed by atoms with Crippen LogP contribution in [-0.4, -0.2) is 25.6 Å². The van der Waals surface area contributed by atoms with Gasteiger partial charge < -0.3 is 4.90 Å². The molecule has 0 spiro atoms. The van der Waals surface area contributed by atoms with Gasteiger partial charge in [-0.05, 0) is 34.4 Å². The fraction of sp³-hybridized carbons (Fsp3) is 0.200. The number of carbonyl (C=O) groups excluding carboxylic acids is 1. The lowest BCUT2D eigenvalue weighted by molar-refractivity contribution is -0.137. The van der Waals surface area contributed by atoms with Crippen LogP contribution in [0.5, 0.6) is 0 Å². The van der Waals surface area contributed by atoms with Crippen LogP contribution in [0.2, 0.25) is 5.02 Å². The number of alkyl halides is 3. The van der Waals surface area contributed by atoms with Gasteiger partial charge in [-0.25, -0.2) is 9.67 Å². The topological polar surface area (TPSA) is 74.8 Å². The molecule has 2 heterocycles. The Morgan fingerprint density at radius 2 is 1.97 bits per heavy atom. The second kappa shape index (κ2) is 7.46. The monoisotopic (exact) mass is 431 g/mol. The molecule has 0 fully saturated rings. The molecule has 152 valence electrons. The molecule has 0 radical (unpaired) electrons. The van der Waals surface area contributed by atoms with Crippen molar-refractivity contribution in [3.8, 4) is 17.2 Å². The number of fused-ring (bicyclic) bond motifs is 1. The third kappa shape index (κ3) is 3.74. The van der Waals surface area contributed by atoms with Crippen LogP contribution in [0.15, 0.2) is 42.7 Å². The smallest absolute Gasteiger partial charge is 0.332 e. The number of nitriles is 1. The van der Waals surface area contributed by atoms with E-state index in [0.29, 0.717) is 12.1 Å². The fourth-order valence-corrected chi connectivity index (χ4v) is 3.73. The number of benzene rings is 2. The maximum atomic E-state index is 13.5. The number of hydrogen-bond donors (Lipinski definition) is 0. The Hall–Kier alpha value is -3.38. The van der Waals surface area contributed by atoms with Gasteiger partial charge in [-0.3, -0.25) is 4.79 Å². The van der Waals surface area contributed by atoms with Gasteiger partial charge in [0.15, 0.2) is 0 Å². The summed E-state index contributed by atoms with van der Waals surface area (Å²) in [5.74, 6) is -0.264. The van der Waals surface area contributed by atoms with Crippen LogP contribution in [0, 0.1) is 11.3 Å². The molecule has 0 bridgehead atoms. The molecule has 10 heteroatoms. The van der Waals surface area contributed by atoms with E-state index in [2.05, 4.69) is 10.1 Å². The summed E-state index contributed by atoms with van der Waals surface area (Å²) in [6, 6.07) is 10.8. The number of carbonyl (C=O) groups is 1. The first-order chi connectivity index (χ1) is 14.3. The highest BCUT2D eigenvalue weighted by Gasteiger charge is 2.36. The van der Waals surface area contributed by atoms with Gasteiger partial charge in [0.2, 0.25) is 5.91 Å². The van der Waals surface area contributed by atoms with E-state index in [9.17, 15) is 18.0 Å². The lowest BCUT2D eigenvalue weighted by atomic mass is 9.96. The highest BCUT2D eigenvalue weighted by molar-refractivity contribution is 6.31. The van der Waals surface area contributed by atoms with E-state index in [4.69, 9.17) is 16.9 Å². The van der Waals surface area contributed by atoms with Gasteiger partial charge in [-0.15, -0.1) is 5.10 Å². The summed E-state index contributed by atoms with van der Waals surface area (Å²) in [6.07, 6.45) is -3.29. The van der Waals surface area contributed by atoms with Gasteiger partial charge in [0.25, 0.3) is 5.82 Å². The zero-order valence-electron chi connectivity index (χ0n) is 15.3. The predicted octanol–water partition coefficient (Wildman–Crippen LogP) is 4.03. The van der Waals surface area contributed by atoms with Gasteiger partial charge in [-0.1, -0.05) is 35.9 Å². The number of hydrogen-bond acceptors (Lipinski definition) is 4. The van der Waals surface area contributed by atoms with Crippen LogP contribution in [0.4, 0.5) is 13.2 Å². The molecule has 6 nitrogen and oxygen atoms in total. The molecule has 0 aliphatic carbocycles. The Labute approximate surface area is 174 Å². The van der Waals surface area contributed by atoms with E-state index in [1.54, 1.807) is 29.2 Å². The van der Waals surface area contributed by atoms with Crippen molar-refractivity contribution in [3.05, 3.63) is 70.3 Å². The van der Waals surface area contributed by atoms with Gasteiger partial charge in [-0.2, -0.15) is 18.4 Å². The molecule has 30 heavy (non-hydrogen) atoms. The first-order valence-corrected chi connectivity index (χ1v) is 9.19. The third-order valence-electron chi connectivity index (χ3n) is 4.82. The molecule has 1 aromatic heterocycles. The van der Waals surface area contributed by atoms with E-state index in [-0.39, 0.29) is 35.4 Å². The van der Waals surface area contributed by atoms with E-state index in [1.165, 1.54) is 29.2 Å². The summed E-state index contributed by atoms with van der Waals surface area (Å²) in [4.78, 5) is 17.9. The maximum Gasteiger partial charge on any atom is 0.418 e. The first-order valence-electron chi connectivity index (χ1n) is 8.81. The van der Waals surface area contributed by atoms with Crippen molar-refractivity contribution in [1.29, 1.82) is 5.26 Å². The van der Waals surface area contributed by atoms with Crippen molar-refractivity contribution in [1.82, 2.24) is 19.7 Å². The van der Waals surface area contributed by atoms with Crippen LogP contribution in [0.1, 0.15) is 22.5 Å². The zero-order chi connectivity index (χ0) is 21.5. The largest absolute Gasteiger partial charge is 0.418 e. The number of nitrogens with zero attached hydrogens (tertiary/aromatic N) is 5. The summed E-state index contributed by atoms with van der Waals surface area (Å²) >= 11 is 5.83. The molecule has 3 aromatic rings. The molecule has 1 aliphatic rings. The van der Waals surface area contributed by atoms with E-state index in [1.807, 2.05) is 0 Å². The van der Waals surface area contributed by atoms with Gasteiger partial charge in [0.05, 0.1) is 10.6 Å². The minimum Gasteiger partial charge on any atom is -0.332 e. The summed E-state index contributed by atoms with van der Waals surface area (Å²) in [7, 11) is 0. The van der Waals surface area contributed by atoms with Crippen molar-refractivity contribution in [2.75, 3.05) is 0 Å². The number of aromatic nitrogens is 3. The number of amides is 1. The quantitative estimate of drug-likeness (QED) is 0.627. The number of halogens is 4. The molecular formula is C20H13ClF3N5O. The first kappa shape index (κ1) is 19.9. The van der Waals surface area contributed by atoms with Gasteiger partial charge in [0, 0.05) is 13.1 Å². The van der Waals surface area contributed by atoms with Crippen molar-refractivity contribution in [2.45, 2.75) is 25.8 Å². The summed E-state index contributed by atoms with van der Waals surface area (Å²) in [5.41, 5.74) is 1.13. The Bertz CT molecular complexity index is 1180. The SMILES string of the molecule is N#Cc1ncn(CC(=O)N2Cc3ccc(-c4cccc(Cl)c4C(F)(F)F)cc3C2)n1. The second-order valence-electron chi connectivity index (χ2n) is 6.77. The maximum absolute atomic E-state index is 13.5. The molecular weight excluding hydrogens is 419 g/mol. The van der Waals surface area contributed by atoms with Crippen LogP contribution < -0.4 is 0 Å². The average Bonchev–Trinajstić information content (AvgIpc) is 3.32. The van der Waals surface area contributed by atoms with Gasteiger partial charge in [0.1, 0.15) is 18.9 Å². The minimum atomic E-state index is -4.59. The van der Waals surface area contributed by atoms with E-state index >= 15 is 0 Å². The second-order valence-corrected chi connectivity index (χ2v) is 7.18. The van der Waals surface area contributed by atoms with Crippen molar-refractivity contribution < 1.29 is 18.0 Å². The molecule has 1 aliphatic heterocycles. The van der Waals surface area contributed by atoms with E-state index < -0.39 is 11.7 Å². The van der Waals surface area contributed by atoms with Crippen LogP contribution >= 0.6 is 11.6 Å². The van der Waals surface area contributed by atoms with Crippen LogP contribution in [0.3, 0.4) is 0 Å². The molecule has 1 amide bonds. The molecule has 2 aromatic carbocycles. The zero-order valence-corrected chi connectivity index (χ0v) is 16.1. The average molecular weight is 432 g/mol. The molecule has 0 N–H and O–H groups in total. The van der Waals surface area contributed by atoms with Gasteiger partial charge >= 0.3 is 6.18 Å². The Kier molecular flexibility index (Phi) is 4.95. The molecule has 0 saturated carbocycles. The molecule has 0 atom stereocenters. The van der Waals surface area contributed by atoms with Crippen LogP contribution in [-0.2, 0) is 30.6 Å². The highest BCUT2D eigenvalue weighted by atomic mass is 35.5. The standard InChI is InChI=1S/C20H13ClF3N5O/c21-16-3-1-2-15(19(16)20(22,23)24)12-4-5-13-8-28(9-14(13)6-12)18(30)10-29-11-26-17(7-25)27-29/h1-6,11H,8-10H2. The van der Waals surface area contributed by atoms with Crippen LogP contribution in [0.25, 0.3) is 11.1 Å². The van der Waals surface area contributed by atoms with Crippen molar-refractivity contribution >= 4 is 17.5 Å². The Morgan fingerprint density at radius 1 is 1.20 bits per heavy atom. The van der Waals surface area contributed by atoms with Crippen molar-refractivity contribution in [2.24, 2.45) is 0 Å². The Morgan fingerprint density at radius 3 is 2.67 bits per heavy atom. The highest BCUT2D eigenvalue weighted by Crippen LogP contribution is 2.42.